The Morgan fingerprint density at radius 1 is 1.27 bits per heavy atom. The normalized spacial score (nSPS) is 10.4. The number of rotatable bonds is 4. The standard InChI is InChI=1S/C15H12ClN5O/c16-13-5-1-3-11(7-13)9-21-10-18-15(20-21)19-14(22)12-4-2-6-17-8-12/h1-8,10H,9H2,(H,19,20,22). The lowest BCUT2D eigenvalue weighted by Crippen LogP contribution is -2.13. The highest BCUT2D eigenvalue weighted by molar-refractivity contribution is 6.30. The van der Waals surface area contributed by atoms with E-state index in [1.54, 1.807) is 29.3 Å². The molecule has 6 nitrogen and oxygen atoms in total. The first-order valence-corrected chi connectivity index (χ1v) is 6.94. The van der Waals surface area contributed by atoms with Gasteiger partial charge in [-0.15, -0.1) is 5.10 Å². The van der Waals surface area contributed by atoms with Crippen molar-refractivity contribution in [3.63, 3.8) is 0 Å². The molecule has 22 heavy (non-hydrogen) atoms. The molecule has 7 heteroatoms. The van der Waals surface area contributed by atoms with Gasteiger partial charge in [-0.05, 0) is 29.8 Å². The van der Waals surface area contributed by atoms with Crippen molar-refractivity contribution in [2.75, 3.05) is 5.32 Å². The minimum atomic E-state index is -0.298. The topological polar surface area (TPSA) is 72.7 Å². The average molecular weight is 314 g/mol. The predicted octanol–water partition coefficient (Wildman–Crippen LogP) is 2.63. The molecule has 0 bridgehead atoms. The number of carbonyl (C=O) groups excluding carboxylic acids is 1. The van der Waals surface area contributed by atoms with Crippen molar-refractivity contribution in [2.45, 2.75) is 6.54 Å². The molecule has 1 aromatic carbocycles. The second-order valence-corrected chi connectivity index (χ2v) is 5.03. The number of hydrogen-bond acceptors (Lipinski definition) is 4. The fourth-order valence-electron chi connectivity index (χ4n) is 1.92. The number of nitrogens with zero attached hydrogens (tertiary/aromatic N) is 4. The molecule has 0 unspecified atom stereocenters. The van der Waals surface area contributed by atoms with Crippen LogP contribution in [-0.4, -0.2) is 25.7 Å². The molecule has 0 atom stereocenters. The number of halogens is 1. The summed E-state index contributed by atoms with van der Waals surface area (Å²) in [7, 11) is 0. The highest BCUT2D eigenvalue weighted by Gasteiger charge is 2.09. The summed E-state index contributed by atoms with van der Waals surface area (Å²) in [5, 5.41) is 7.51. The molecule has 3 rings (SSSR count). The average Bonchev–Trinajstić information content (AvgIpc) is 2.95. The van der Waals surface area contributed by atoms with Crippen LogP contribution in [0.5, 0.6) is 0 Å². The lowest BCUT2D eigenvalue weighted by molar-refractivity contribution is 0.102. The number of pyridine rings is 1. The zero-order chi connectivity index (χ0) is 15.4. The van der Waals surface area contributed by atoms with Gasteiger partial charge in [-0.25, -0.2) is 9.67 Å². The monoisotopic (exact) mass is 313 g/mol. The summed E-state index contributed by atoms with van der Waals surface area (Å²) in [6.07, 6.45) is 4.65. The Hall–Kier alpha value is -2.73. The van der Waals surface area contributed by atoms with Gasteiger partial charge in [-0.2, -0.15) is 0 Å². The van der Waals surface area contributed by atoms with Gasteiger partial charge in [0.25, 0.3) is 5.91 Å². The summed E-state index contributed by atoms with van der Waals surface area (Å²) in [6, 6.07) is 10.9. The van der Waals surface area contributed by atoms with Gasteiger partial charge in [0, 0.05) is 17.4 Å². The number of amides is 1. The minimum absolute atomic E-state index is 0.246. The summed E-state index contributed by atoms with van der Waals surface area (Å²) in [5.74, 6) is -0.0514. The Bertz CT molecular complexity index is 787. The van der Waals surface area contributed by atoms with Crippen LogP contribution in [-0.2, 0) is 6.54 Å². The molecule has 0 fully saturated rings. The van der Waals surface area contributed by atoms with E-state index in [0.29, 0.717) is 17.1 Å². The first-order chi connectivity index (χ1) is 10.7. The second kappa shape index (κ2) is 6.36. The zero-order valence-electron chi connectivity index (χ0n) is 11.5. The van der Waals surface area contributed by atoms with E-state index < -0.39 is 0 Å². The fourth-order valence-corrected chi connectivity index (χ4v) is 2.13. The van der Waals surface area contributed by atoms with Crippen molar-refractivity contribution in [1.82, 2.24) is 19.7 Å². The highest BCUT2D eigenvalue weighted by atomic mass is 35.5. The second-order valence-electron chi connectivity index (χ2n) is 4.59. The Balaban J connectivity index is 1.68. The van der Waals surface area contributed by atoms with Gasteiger partial charge in [-0.1, -0.05) is 23.7 Å². The van der Waals surface area contributed by atoms with Crippen LogP contribution in [0.3, 0.4) is 0 Å². The van der Waals surface area contributed by atoms with Crippen LogP contribution in [0, 0.1) is 0 Å². The van der Waals surface area contributed by atoms with Gasteiger partial charge in [0.1, 0.15) is 6.33 Å². The predicted molar refractivity (Wildman–Crippen MR) is 82.8 cm³/mol. The Labute approximate surface area is 131 Å². The molecule has 0 saturated heterocycles. The summed E-state index contributed by atoms with van der Waals surface area (Å²) in [5.41, 5.74) is 1.45. The summed E-state index contributed by atoms with van der Waals surface area (Å²) in [6.45, 7) is 0.524. The van der Waals surface area contributed by atoms with Crippen molar-refractivity contribution in [3.05, 3.63) is 71.3 Å². The Kier molecular flexibility index (Phi) is 4.11. The Morgan fingerprint density at radius 3 is 2.95 bits per heavy atom. The van der Waals surface area contributed by atoms with Gasteiger partial charge in [0.05, 0.1) is 12.1 Å². The van der Waals surface area contributed by atoms with Crippen molar-refractivity contribution >= 4 is 23.5 Å². The maximum Gasteiger partial charge on any atom is 0.259 e. The van der Waals surface area contributed by atoms with Crippen LogP contribution in [0.25, 0.3) is 0 Å². The quantitative estimate of drug-likeness (QED) is 0.803. The number of carbonyl (C=O) groups is 1. The molecule has 110 valence electrons. The van der Waals surface area contributed by atoms with Crippen molar-refractivity contribution in [2.24, 2.45) is 0 Å². The third-order valence-corrected chi connectivity index (χ3v) is 3.15. The Morgan fingerprint density at radius 2 is 2.18 bits per heavy atom. The molecule has 3 aromatic rings. The van der Waals surface area contributed by atoms with Crippen molar-refractivity contribution in [3.8, 4) is 0 Å². The van der Waals surface area contributed by atoms with Gasteiger partial charge >= 0.3 is 0 Å². The fraction of sp³-hybridized carbons (Fsp3) is 0.0667. The highest BCUT2D eigenvalue weighted by Crippen LogP contribution is 2.12. The van der Waals surface area contributed by atoms with E-state index in [-0.39, 0.29) is 11.9 Å². The number of anilines is 1. The number of benzene rings is 1. The molecule has 0 aliphatic rings. The lowest BCUT2D eigenvalue weighted by atomic mass is 10.2. The van der Waals surface area contributed by atoms with Crippen LogP contribution in [0.2, 0.25) is 5.02 Å². The summed E-state index contributed by atoms with van der Waals surface area (Å²) < 4.78 is 1.63. The number of hydrogen-bond donors (Lipinski definition) is 1. The third kappa shape index (κ3) is 3.48. The maximum absolute atomic E-state index is 12.0. The molecule has 0 aliphatic carbocycles. The van der Waals surface area contributed by atoms with Gasteiger partial charge in [0.15, 0.2) is 0 Å². The zero-order valence-corrected chi connectivity index (χ0v) is 12.2. The lowest BCUT2D eigenvalue weighted by Gasteiger charge is -2.02. The largest absolute Gasteiger partial charge is 0.289 e. The first kappa shape index (κ1) is 14.2. The molecule has 0 saturated carbocycles. The molecule has 1 amide bonds. The van der Waals surface area contributed by atoms with Crippen LogP contribution in [0.4, 0.5) is 5.95 Å². The molecule has 1 N–H and O–H groups in total. The third-order valence-electron chi connectivity index (χ3n) is 2.92. The molecular weight excluding hydrogens is 302 g/mol. The molecule has 2 aromatic heterocycles. The van der Waals surface area contributed by atoms with Crippen LogP contribution in [0.15, 0.2) is 55.1 Å². The van der Waals surface area contributed by atoms with Gasteiger partial charge in [-0.3, -0.25) is 15.1 Å². The van der Waals surface area contributed by atoms with E-state index >= 15 is 0 Å². The SMILES string of the molecule is O=C(Nc1ncn(Cc2cccc(Cl)c2)n1)c1cccnc1. The molecule has 0 aliphatic heterocycles. The van der Waals surface area contributed by atoms with E-state index in [2.05, 4.69) is 20.4 Å². The molecule has 2 heterocycles. The molecule has 0 spiro atoms. The van der Waals surface area contributed by atoms with Crippen LogP contribution in [0.1, 0.15) is 15.9 Å². The van der Waals surface area contributed by atoms with Crippen LogP contribution >= 0.6 is 11.6 Å². The van der Waals surface area contributed by atoms with E-state index in [1.165, 1.54) is 6.20 Å². The van der Waals surface area contributed by atoms with E-state index in [9.17, 15) is 4.79 Å². The van der Waals surface area contributed by atoms with Gasteiger partial charge < -0.3 is 0 Å². The van der Waals surface area contributed by atoms with E-state index in [1.807, 2.05) is 24.3 Å². The number of aromatic nitrogens is 4. The molecule has 0 radical (unpaired) electrons. The van der Waals surface area contributed by atoms with E-state index in [0.717, 1.165) is 5.56 Å². The van der Waals surface area contributed by atoms with Crippen molar-refractivity contribution < 1.29 is 4.79 Å². The van der Waals surface area contributed by atoms with E-state index in [4.69, 9.17) is 11.6 Å². The summed E-state index contributed by atoms with van der Waals surface area (Å²) in [4.78, 5) is 19.9. The smallest absolute Gasteiger partial charge is 0.259 e. The maximum atomic E-state index is 12.0. The van der Waals surface area contributed by atoms with Crippen LogP contribution < -0.4 is 5.32 Å². The summed E-state index contributed by atoms with van der Waals surface area (Å²) >= 11 is 5.94. The number of nitrogens with one attached hydrogen (secondary N) is 1. The first-order valence-electron chi connectivity index (χ1n) is 6.56. The molecular formula is C15H12ClN5O. The minimum Gasteiger partial charge on any atom is -0.289 e. The van der Waals surface area contributed by atoms with Crippen molar-refractivity contribution in [1.29, 1.82) is 0 Å². The van der Waals surface area contributed by atoms with Gasteiger partial charge in [0.2, 0.25) is 5.95 Å².